The lowest BCUT2D eigenvalue weighted by atomic mass is 10.1. The summed E-state index contributed by atoms with van der Waals surface area (Å²) in [5.41, 5.74) is 10.3. The summed E-state index contributed by atoms with van der Waals surface area (Å²) >= 11 is 0. The number of nitrogens with two attached hydrogens (primary N) is 1. The van der Waals surface area contributed by atoms with Crippen LogP contribution < -0.4 is 10.6 Å². The molecule has 2 aliphatic heterocycles. The van der Waals surface area contributed by atoms with Crippen molar-refractivity contribution in [3.63, 3.8) is 0 Å². The molecule has 4 rings (SSSR count). The monoisotopic (exact) mass is 325 g/mol. The van der Waals surface area contributed by atoms with Crippen LogP contribution in [0.3, 0.4) is 0 Å². The minimum absolute atomic E-state index is 0.241. The van der Waals surface area contributed by atoms with Gasteiger partial charge in [-0.15, -0.1) is 0 Å². The maximum absolute atomic E-state index is 12.0. The van der Waals surface area contributed by atoms with E-state index >= 15 is 0 Å². The molecule has 0 fully saturated rings. The molecule has 0 bridgehead atoms. The third-order valence-electron chi connectivity index (χ3n) is 4.44. The van der Waals surface area contributed by atoms with Gasteiger partial charge in [0.2, 0.25) is 5.95 Å². The molecule has 0 saturated carbocycles. The van der Waals surface area contributed by atoms with Gasteiger partial charge in [0.15, 0.2) is 0 Å². The Kier molecular flexibility index (Phi) is 3.48. The summed E-state index contributed by atoms with van der Waals surface area (Å²) in [7, 11) is 0. The molecule has 2 N–H and O–H groups in total. The van der Waals surface area contributed by atoms with Crippen LogP contribution in [0.4, 0.5) is 16.6 Å². The number of carbonyl (C=O) groups excluding carboxylic acids is 1. The van der Waals surface area contributed by atoms with Crippen LogP contribution in [0.5, 0.6) is 0 Å². The van der Waals surface area contributed by atoms with Crippen molar-refractivity contribution in [3.05, 3.63) is 46.6 Å². The number of benzene rings is 1. The van der Waals surface area contributed by atoms with Crippen molar-refractivity contribution >= 4 is 17.9 Å². The largest absolute Gasteiger partial charge is 0.450 e. The van der Waals surface area contributed by atoms with Crippen LogP contribution in [0.25, 0.3) is 0 Å². The first-order valence-corrected chi connectivity index (χ1v) is 8.04. The number of rotatable bonds is 2. The lowest BCUT2D eigenvalue weighted by Gasteiger charge is -2.20. The van der Waals surface area contributed by atoms with E-state index in [-0.39, 0.29) is 12.0 Å². The molecule has 24 heavy (non-hydrogen) atoms. The van der Waals surface area contributed by atoms with Gasteiger partial charge in [-0.2, -0.15) is 4.98 Å². The van der Waals surface area contributed by atoms with E-state index in [1.165, 1.54) is 11.1 Å². The van der Waals surface area contributed by atoms with Gasteiger partial charge in [-0.25, -0.2) is 9.78 Å². The van der Waals surface area contributed by atoms with E-state index in [0.717, 1.165) is 30.2 Å². The van der Waals surface area contributed by atoms with Crippen LogP contribution in [-0.4, -0.2) is 27.6 Å². The van der Waals surface area contributed by atoms with Crippen molar-refractivity contribution in [1.82, 2.24) is 14.9 Å². The van der Waals surface area contributed by atoms with Crippen molar-refractivity contribution in [2.45, 2.75) is 33.1 Å². The summed E-state index contributed by atoms with van der Waals surface area (Å²) in [6, 6.07) is 8.35. The Labute approximate surface area is 140 Å². The second kappa shape index (κ2) is 5.67. The number of amides is 1. The van der Waals surface area contributed by atoms with Gasteiger partial charge >= 0.3 is 6.09 Å². The van der Waals surface area contributed by atoms with Crippen LogP contribution in [-0.2, 0) is 30.9 Å². The molecule has 0 radical (unpaired) electrons. The number of anilines is 2. The maximum atomic E-state index is 12.0. The molecule has 1 amide bonds. The van der Waals surface area contributed by atoms with E-state index in [1.807, 2.05) is 12.1 Å². The van der Waals surface area contributed by atoms with E-state index in [9.17, 15) is 4.79 Å². The number of nitrogens with zero attached hydrogens (tertiary/aromatic N) is 4. The van der Waals surface area contributed by atoms with Crippen LogP contribution in [0.15, 0.2) is 24.3 Å². The van der Waals surface area contributed by atoms with E-state index < -0.39 is 0 Å². The fraction of sp³-hybridized carbons (Fsp3) is 0.353. The molecule has 0 spiro atoms. The van der Waals surface area contributed by atoms with Crippen molar-refractivity contribution in [2.24, 2.45) is 0 Å². The molecule has 0 unspecified atom stereocenters. The molecule has 124 valence electrons. The molecule has 7 heteroatoms. The first-order valence-electron chi connectivity index (χ1n) is 8.04. The summed E-state index contributed by atoms with van der Waals surface area (Å²) in [6.45, 7) is 4.60. The third kappa shape index (κ3) is 2.42. The highest BCUT2D eigenvalue weighted by Crippen LogP contribution is 2.34. The average molecular weight is 325 g/mol. The maximum Gasteiger partial charge on any atom is 0.410 e. The van der Waals surface area contributed by atoms with Gasteiger partial charge in [-0.05, 0) is 18.1 Å². The van der Waals surface area contributed by atoms with Crippen molar-refractivity contribution in [2.75, 3.05) is 17.2 Å². The summed E-state index contributed by atoms with van der Waals surface area (Å²) in [5.74, 6) is 1.06. The number of carbonyl (C=O) groups is 1. The van der Waals surface area contributed by atoms with E-state index in [2.05, 4.69) is 27.0 Å². The van der Waals surface area contributed by atoms with E-state index in [4.69, 9.17) is 10.5 Å². The zero-order chi connectivity index (χ0) is 16.7. The lowest BCUT2D eigenvalue weighted by Crippen LogP contribution is -2.26. The smallest absolute Gasteiger partial charge is 0.410 e. The van der Waals surface area contributed by atoms with Crippen LogP contribution in [0, 0.1) is 0 Å². The number of hydrogen-bond donors (Lipinski definition) is 1. The minimum Gasteiger partial charge on any atom is -0.450 e. The Morgan fingerprint density at radius 1 is 1.17 bits per heavy atom. The zero-order valence-corrected chi connectivity index (χ0v) is 13.5. The summed E-state index contributed by atoms with van der Waals surface area (Å²) in [5, 5.41) is 0. The standard InChI is InChI=1S/C17H19N5O2/c1-2-24-17(23)22-9-13-14(10-22)19-16(18)20-15(13)21-7-11-5-3-4-6-12(11)8-21/h3-6H,2,7-10H2,1H3,(H2,18,19,20). The molecule has 1 aromatic heterocycles. The Balaban J connectivity index is 1.64. The molecule has 0 aliphatic carbocycles. The SMILES string of the molecule is CCOC(=O)N1Cc2nc(N)nc(N3Cc4ccccc4C3)c2C1. The topological polar surface area (TPSA) is 84.6 Å². The number of nitrogen functional groups attached to an aromatic ring is 1. The number of aromatic nitrogens is 2. The van der Waals surface area contributed by atoms with Gasteiger partial charge in [-0.1, -0.05) is 24.3 Å². The highest BCUT2D eigenvalue weighted by Gasteiger charge is 2.32. The molecule has 0 saturated heterocycles. The predicted octanol–water partition coefficient (Wildman–Crippen LogP) is 2.05. The second-order valence-electron chi connectivity index (χ2n) is 6.01. The van der Waals surface area contributed by atoms with E-state index in [0.29, 0.717) is 19.7 Å². The van der Waals surface area contributed by atoms with Gasteiger partial charge in [0.05, 0.1) is 25.4 Å². The number of hydrogen-bond acceptors (Lipinski definition) is 6. The molecular formula is C17H19N5O2. The predicted molar refractivity (Wildman–Crippen MR) is 89.0 cm³/mol. The van der Waals surface area contributed by atoms with Gasteiger partial charge in [-0.3, -0.25) is 4.90 Å². The molecule has 7 nitrogen and oxygen atoms in total. The van der Waals surface area contributed by atoms with Crippen LogP contribution in [0.2, 0.25) is 0 Å². The fourth-order valence-corrected chi connectivity index (χ4v) is 3.34. The van der Waals surface area contributed by atoms with Crippen molar-refractivity contribution in [3.8, 4) is 0 Å². The quantitative estimate of drug-likeness (QED) is 0.909. The molecule has 0 atom stereocenters. The Bertz CT molecular complexity index is 783. The van der Waals surface area contributed by atoms with Gasteiger partial charge < -0.3 is 15.4 Å². The Hall–Kier alpha value is -2.83. The third-order valence-corrected chi connectivity index (χ3v) is 4.44. The summed E-state index contributed by atoms with van der Waals surface area (Å²) in [6.07, 6.45) is -0.329. The van der Waals surface area contributed by atoms with Gasteiger partial charge in [0.1, 0.15) is 5.82 Å². The molecule has 2 aliphatic rings. The molecule has 3 heterocycles. The minimum atomic E-state index is -0.329. The lowest BCUT2D eigenvalue weighted by molar-refractivity contribution is 0.106. The summed E-state index contributed by atoms with van der Waals surface area (Å²) < 4.78 is 5.10. The molecular weight excluding hydrogens is 306 g/mol. The van der Waals surface area contributed by atoms with Gasteiger partial charge in [0.25, 0.3) is 0 Å². The number of fused-ring (bicyclic) bond motifs is 2. The summed E-state index contributed by atoms with van der Waals surface area (Å²) in [4.78, 5) is 24.6. The van der Waals surface area contributed by atoms with Crippen molar-refractivity contribution < 1.29 is 9.53 Å². The Morgan fingerprint density at radius 3 is 2.54 bits per heavy atom. The average Bonchev–Trinajstić information content (AvgIpc) is 3.17. The normalized spacial score (nSPS) is 15.4. The van der Waals surface area contributed by atoms with Crippen LogP contribution >= 0.6 is 0 Å². The van der Waals surface area contributed by atoms with E-state index in [1.54, 1.807) is 11.8 Å². The number of ether oxygens (including phenoxy) is 1. The molecule has 2 aromatic rings. The zero-order valence-electron chi connectivity index (χ0n) is 13.5. The highest BCUT2D eigenvalue weighted by atomic mass is 16.6. The first kappa shape index (κ1) is 14.7. The Morgan fingerprint density at radius 2 is 1.88 bits per heavy atom. The van der Waals surface area contributed by atoms with Gasteiger partial charge in [0, 0.05) is 18.7 Å². The van der Waals surface area contributed by atoms with Crippen LogP contribution in [0.1, 0.15) is 29.3 Å². The second-order valence-corrected chi connectivity index (χ2v) is 6.01. The van der Waals surface area contributed by atoms with Crippen molar-refractivity contribution in [1.29, 1.82) is 0 Å². The highest BCUT2D eigenvalue weighted by molar-refractivity contribution is 5.70. The molecule has 1 aromatic carbocycles. The first-order chi connectivity index (χ1) is 11.7. The fourth-order valence-electron chi connectivity index (χ4n) is 3.34.